The van der Waals surface area contributed by atoms with Crippen molar-refractivity contribution in [1.29, 1.82) is 0 Å². The molecule has 3 aromatic rings. The van der Waals surface area contributed by atoms with Gasteiger partial charge in [0, 0.05) is 42.8 Å². The first-order valence-electron chi connectivity index (χ1n) is 12.4. The highest BCUT2D eigenvalue weighted by Gasteiger charge is 2.28. The van der Waals surface area contributed by atoms with Crippen LogP contribution in [0.2, 0.25) is 0 Å². The van der Waals surface area contributed by atoms with Gasteiger partial charge in [-0.1, -0.05) is 12.1 Å². The number of hydrogen-bond donors (Lipinski definition) is 1. The molecule has 0 unspecified atom stereocenters. The van der Waals surface area contributed by atoms with Gasteiger partial charge in [0.05, 0.1) is 16.3 Å². The van der Waals surface area contributed by atoms with E-state index in [9.17, 15) is 18.0 Å². The van der Waals surface area contributed by atoms with Crippen molar-refractivity contribution in [1.82, 2.24) is 9.29 Å². The SMILES string of the molecule is CC(=O)c1cccc(NC(=O)[C@H]2CCCN(c3ccc4cc(S(=O)(=O)N5CCCC5)ccc4n3)C2)c1. The molecule has 1 atom stereocenters. The number of nitrogens with zero attached hydrogens (tertiary/aromatic N) is 3. The fourth-order valence-electron chi connectivity index (χ4n) is 4.97. The van der Waals surface area contributed by atoms with Crippen LogP contribution < -0.4 is 10.2 Å². The van der Waals surface area contributed by atoms with Crippen LogP contribution >= 0.6 is 0 Å². The number of hydrogen-bond acceptors (Lipinski definition) is 6. The molecule has 2 aromatic carbocycles. The summed E-state index contributed by atoms with van der Waals surface area (Å²) >= 11 is 0. The first kappa shape index (κ1) is 24.4. The topological polar surface area (TPSA) is 99.7 Å². The number of carbonyl (C=O) groups is 2. The summed E-state index contributed by atoms with van der Waals surface area (Å²) in [4.78, 5) is 31.8. The number of rotatable bonds is 6. The molecule has 2 aliphatic rings. The number of benzene rings is 2. The van der Waals surface area contributed by atoms with Crippen LogP contribution in [0.1, 0.15) is 43.0 Å². The second-order valence-corrected chi connectivity index (χ2v) is 11.5. The van der Waals surface area contributed by atoms with Crippen LogP contribution in [0.15, 0.2) is 59.5 Å². The highest BCUT2D eigenvalue weighted by atomic mass is 32.2. The van der Waals surface area contributed by atoms with Crippen LogP contribution in [0.3, 0.4) is 0 Å². The molecule has 2 saturated heterocycles. The first-order chi connectivity index (χ1) is 17.3. The van der Waals surface area contributed by atoms with Gasteiger partial charge in [0.1, 0.15) is 5.82 Å². The molecule has 0 saturated carbocycles. The van der Waals surface area contributed by atoms with Crippen molar-refractivity contribution in [2.45, 2.75) is 37.5 Å². The van der Waals surface area contributed by atoms with Crippen molar-refractivity contribution in [3.05, 3.63) is 60.2 Å². The van der Waals surface area contributed by atoms with Gasteiger partial charge in [0.25, 0.3) is 0 Å². The van der Waals surface area contributed by atoms with Crippen molar-refractivity contribution in [2.24, 2.45) is 5.92 Å². The fraction of sp³-hybridized carbons (Fsp3) is 0.370. The second-order valence-electron chi connectivity index (χ2n) is 9.55. The summed E-state index contributed by atoms with van der Waals surface area (Å²) < 4.78 is 27.4. The number of piperidine rings is 1. The maximum atomic E-state index is 13.0. The second kappa shape index (κ2) is 9.99. The molecule has 1 amide bonds. The Balaban J connectivity index is 1.30. The number of Topliss-reactive ketones (excluding diaryl/α,β-unsaturated/α-hetero) is 1. The van der Waals surface area contributed by atoms with Crippen molar-refractivity contribution in [2.75, 3.05) is 36.4 Å². The number of fused-ring (bicyclic) bond motifs is 1. The number of carbonyl (C=O) groups excluding carboxylic acids is 2. The molecule has 36 heavy (non-hydrogen) atoms. The zero-order valence-electron chi connectivity index (χ0n) is 20.3. The molecule has 9 heteroatoms. The minimum atomic E-state index is -3.48. The summed E-state index contributed by atoms with van der Waals surface area (Å²) in [6.07, 6.45) is 3.44. The number of pyridine rings is 1. The standard InChI is InChI=1S/C27H30N4O4S/c1-19(32)20-6-4-8-23(16-20)28-27(33)22-7-5-13-30(18-22)26-12-9-21-17-24(10-11-25(21)29-26)36(34,35)31-14-2-3-15-31/h4,6,8-12,16-17,22H,2-3,5,7,13-15,18H2,1H3,(H,28,33)/t22-/m0/s1. The summed E-state index contributed by atoms with van der Waals surface area (Å²) in [6, 6.07) is 15.9. The number of sulfonamides is 1. The van der Waals surface area contributed by atoms with Gasteiger partial charge < -0.3 is 10.2 Å². The van der Waals surface area contributed by atoms with E-state index in [4.69, 9.17) is 4.98 Å². The highest BCUT2D eigenvalue weighted by molar-refractivity contribution is 7.89. The van der Waals surface area contributed by atoms with Crippen molar-refractivity contribution in [3.8, 4) is 0 Å². The van der Waals surface area contributed by atoms with Gasteiger partial charge in [-0.2, -0.15) is 4.31 Å². The molecular weight excluding hydrogens is 476 g/mol. The monoisotopic (exact) mass is 506 g/mol. The largest absolute Gasteiger partial charge is 0.356 e. The lowest BCUT2D eigenvalue weighted by Crippen LogP contribution is -2.41. The van der Waals surface area contributed by atoms with E-state index < -0.39 is 10.0 Å². The van der Waals surface area contributed by atoms with E-state index in [1.807, 2.05) is 12.1 Å². The number of aromatic nitrogens is 1. The Morgan fingerprint density at radius 3 is 2.56 bits per heavy atom. The van der Waals surface area contributed by atoms with E-state index in [-0.39, 0.29) is 17.6 Å². The summed E-state index contributed by atoms with van der Waals surface area (Å²) in [7, 11) is -3.48. The average molecular weight is 507 g/mol. The Kier molecular flexibility index (Phi) is 6.77. The minimum absolute atomic E-state index is 0.0434. The Morgan fingerprint density at radius 2 is 1.78 bits per heavy atom. The molecular formula is C27H30N4O4S. The maximum absolute atomic E-state index is 13.0. The third kappa shape index (κ3) is 4.99. The summed E-state index contributed by atoms with van der Waals surface area (Å²) in [5.41, 5.74) is 1.91. The molecule has 5 rings (SSSR count). The maximum Gasteiger partial charge on any atom is 0.243 e. The van der Waals surface area contributed by atoms with Crippen molar-refractivity contribution in [3.63, 3.8) is 0 Å². The quantitative estimate of drug-likeness (QED) is 0.506. The first-order valence-corrected chi connectivity index (χ1v) is 13.8. The van der Waals surface area contributed by atoms with Gasteiger partial charge in [0.2, 0.25) is 15.9 Å². The third-order valence-corrected chi connectivity index (χ3v) is 8.90. The third-order valence-electron chi connectivity index (χ3n) is 7.00. The van der Waals surface area contributed by atoms with Crippen molar-refractivity contribution >= 4 is 44.1 Å². The summed E-state index contributed by atoms with van der Waals surface area (Å²) in [6.45, 7) is 3.98. The van der Waals surface area contributed by atoms with Gasteiger partial charge in [-0.25, -0.2) is 13.4 Å². The number of amides is 1. The molecule has 0 bridgehead atoms. The van der Waals surface area contributed by atoms with Gasteiger partial charge in [-0.05, 0) is 75.1 Å². The van der Waals surface area contributed by atoms with Crippen LogP contribution in [-0.4, -0.2) is 55.6 Å². The fourth-order valence-corrected chi connectivity index (χ4v) is 6.52. The van der Waals surface area contributed by atoms with E-state index in [2.05, 4.69) is 10.2 Å². The molecule has 0 radical (unpaired) electrons. The smallest absolute Gasteiger partial charge is 0.243 e. The van der Waals surface area contributed by atoms with E-state index in [0.717, 1.165) is 48.9 Å². The van der Waals surface area contributed by atoms with E-state index in [1.165, 1.54) is 6.92 Å². The van der Waals surface area contributed by atoms with Crippen LogP contribution in [-0.2, 0) is 14.8 Å². The molecule has 3 heterocycles. The molecule has 0 aliphatic carbocycles. The lowest BCUT2D eigenvalue weighted by atomic mass is 9.97. The summed E-state index contributed by atoms with van der Waals surface area (Å²) in [5, 5.41) is 3.73. The number of nitrogens with one attached hydrogen (secondary N) is 1. The Morgan fingerprint density at radius 1 is 0.972 bits per heavy atom. The zero-order valence-corrected chi connectivity index (χ0v) is 21.1. The van der Waals surface area contributed by atoms with Crippen molar-refractivity contribution < 1.29 is 18.0 Å². The predicted octanol–water partition coefficient (Wildman–Crippen LogP) is 4.08. The van der Waals surface area contributed by atoms with E-state index in [1.54, 1.807) is 46.8 Å². The zero-order chi connectivity index (χ0) is 25.3. The molecule has 1 aromatic heterocycles. The van der Waals surface area contributed by atoms with Gasteiger partial charge in [-0.15, -0.1) is 0 Å². The lowest BCUT2D eigenvalue weighted by molar-refractivity contribution is -0.120. The van der Waals surface area contributed by atoms with Gasteiger partial charge in [0.15, 0.2) is 5.78 Å². The summed E-state index contributed by atoms with van der Waals surface area (Å²) in [5.74, 6) is 0.454. The molecule has 2 aliphatic heterocycles. The van der Waals surface area contributed by atoms with Crippen LogP contribution in [0.4, 0.5) is 11.5 Å². The predicted molar refractivity (Wildman–Crippen MR) is 140 cm³/mol. The Hall–Kier alpha value is -3.30. The highest BCUT2D eigenvalue weighted by Crippen LogP contribution is 2.28. The molecule has 0 spiro atoms. The Bertz CT molecular complexity index is 1420. The molecule has 188 valence electrons. The van der Waals surface area contributed by atoms with Crippen LogP contribution in [0.5, 0.6) is 0 Å². The van der Waals surface area contributed by atoms with Gasteiger partial charge >= 0.3 is 0 Å². The van der Waals surface area contributed by atoms with Crippen LogP contribution in [0, 0.1) is 5.92 Å². The van der Waals surface area contributed by atoms with E-state index >= 15 is 0 Å². The molecule has 2 fully saturated rings. The molecule has 1 N–H and O–H groups in total. The minimum Gasteiger partial charge on any atom is -0.356 e. The number of anilines is 2. The van der Waals surface area contributed by atoms with Gasteiger partial charge in [-0.3, -0.25) is 9.59 Å². The number of ketones is 1. The Labute approximate surface area is 211 Å². The average Bonchev–Trinajstić information content (AvgIpc) is 3.44. The van der Waals surface area contributed by atoms with E-state index in [0.29, 0.717) is 35.8 Å². The normalized spacial score (nSPS) is 18.9. The van der Waals surface area contributed by atoms with Crippen LogP contribution in [0.25, 0.3) is 10.9 Å². The lowest BCUT2D eigenvalue weighted by Gasteiger charge is -2.33. The molecule has 8 nitrogen and oxygen atoms in total.